The van der Waals surface area contributed by atoms with E-state index in [-0.39, 0.29) is 80.0 Å². The third kappa shape index (κ3) is 20.0. The van der Waals surface area contributed by atoms with Crippen molar-refractivity contribution >= 4 is 47.3 Å². The van der Waals surface area contributed by atoms with Crippen LogP contribution < -0.4 is 0 Å². The summed E-state index contributed by atoms with van der Waals surface area (Å²) in [7, 11) is 0. The Bertz CT molecular complexity index is 3940. The number of pyridine rings is 2. The smallest absolute Gasteiger partial charge is 0.410 e. The van der Waals surface area contributed by atoms with E-state index in [2.05, 4.69) is 33.8 Å². The topological polar surface area (TPSA) is 299 Å². The van der Waals surface area contributed by atoms with Gasteiger partial charge in [-0.1, -0.05) is 104 Å². The largest absolute Gasteiger partial charge is 0.457 e. The molecule has 113 heavy (non-hydrogen) atoms. The number of aliphatic hydroxyl groups excluding tert-OH is 1. The maximum Gasteiger partial charge on any atom is 0.410 e. The van der Waals surface area contributed by atoms with Gasteiger partial charge in [0.25, 0.3) is 5.67 Å². The summed E-state index contributed by atoms with van der Waals surface area (Å²) in [6, 6.07) is 6.38. The van der Waals surface area contributed by atoms with Crippen LogP contribution in [0.1, 0.15) is 233 Å². The number of esters is 2. The molecule has 0 aliphatic carbocycles. The third-order valence-corrected chi connectivity index (χ3v) is 25.5. The lowest BCUT2D eigenvalue weighted by atomic mass is 9.70. The number of aryl methyl sites for hydroxylation is 4. The number of rotatable bonds is 20. The summed E-state index contributed by atoms with van der Waals surface area (Å²) in [6.45, 7) is 40.4. The van der Waals surface area contributed by atoms with E-state index in [0.29, 0.717) is 70.5 Å². The van der Waals surface area contributed by atoms with E-state index in [0.717, 1.165) is 53.7 Å². The molecule has 626 valence electrons. The maximum absolute atomic E-state index is 16.8. The lowest BCUT2D eigenvalue weighted by Gasteiger charge is -2.45. The fraction of sp³-hybridized carbons (Fsp3) is 0.724. The fourth-order valence-electron chi connectivity index (χ4n) is 18.6. The molecule has 6 aliphatic heterocycles. The summed E-state index contributed by atoms with van der Waals surface area (Å²) in [6.07, 6.45) is 9.05. The molecular weight excluding hydrogens is 1450 g/mol. The highest BCUT2D eigenvalue weighted by Gasteiger charge is 2.63. The van der Waals surface area contributed by atoms with Crippen LogP contribution in [0.15, 0.2) is 61.7 Å². The lowest BCUT2D eigenvalue weighted by molar-refractivity contribution is -0.284. The van der Waals surface area contributed by atoms with Crippen molar-refractivity contribution in [1.29, 1.82) is 0 Å². The first-order chi connectivity index (χ1) is 53.2. The number of hydrogen-bond acceptors (Lipinski definition) is 21. The summed E-state index contributed by atoms with van der Waals surface area (Å²) >= 11 is 0. The first kappa shape index (κ1) is 89.5. The molecule has 0 radical (unpaired) electrons. The van der Waals surface area contributed by atoms with E-state index in [4.69, 9.17) is 37.9 Å². The normalized spacial score (nSPS) is 34.9. The summed E-state index contributed by atoms with van der Waals surface area (Å²) < 4.78 is 70.8. The second-order valence-electron chi connectivity index (χ2n) is 35.3. The Kier molecular flexibility index (Phi) is 29.5. The Morgan fingerprint density at radius 1 is 0.549 bits per heavy atom. The van der Waals surface area contributed by atoms with E-state index >= 15 is 4.39 Å². The van der Waals surface area contributed by atoms with Crippen molar-refractivity contribution in [3.8, 4) is 22.5 Å². The predicted octanol–water partition coefficient (Wildman–Crippen LogP) is 14.8. The van der Waals surface area contributed by atoms with Gasteiger partial charge >= 0.3 is 24.1 Å². The first-order valence-electron chi connectivity index (χ1n) is 41.6. The average molecular weight is 1580 g/mol. The molecule has 2 unspecified atom stereocenters. The van der Waals surface area contributed by atoms with Crippen LogP contribution in [0.5, 0.6) is 0 Å². The number of Topliss-reactive ketones (excluding diaryl/α,β-unsaturated/α-hetero) is 4. The van der Waals surface area contributed by atoms with Gasteiger partial charge < -0.3 is 61.9 Å². The maximum atomic E-state index is 16.8. The number of carbonyl (C=O) groups excluding carboxylic acids is 8. The molecule has 0 aromatic carbocycles. The number of alkyl halides is 1. The number of aromatic nitrogens is 6. The van der Waals surface area contributed by atoms with Crippen molar-refractivity contribution in [2.75, 3.05) is 13.1 Å². The van der Waals surface area contributed by atoms with Crippen LogP contribution in [0.25, 0.3) is 22.5 Å². The van der Waals surface area contributed by atoms with Gasteiger partial charge in [0.15, 0.2) is 35.3 Å². The molecular formula is C87H129FN8O17. The van der Waals surface area contributed by atoms with Crippen molar-refractivity contribution in [1.82, 2.24) is 38.9 Å². The average Bonchev–Trinajstić information content (AvgIpc) is 1.62. The van der Waals surface area contributed by atoms with E-state index in [9.17, 15) is 43.5 Å². The molecule has 26 heteroatoms. The molecule has 6 fully saturated rings. The summed E-state index contributed by atoms with van der Waals surface area (Å²) in [4.78, 5) is 134. The molecule has 0 bridgehead atoms. The summed E-state index contributed by atoms with van der Waals surface area (Å²) in [5.74, 6) is -7.32. The number of imidazole rings is 2. The van der Waals surface area contributed by atoms with Gasteiger partial charge in [-0.15, -0.1) is 0 Å². The summed E-state index contributed by atoms with van der Waals surface area (Å²) in [5.41, 5.74) is -2.10. The molecule has 6 aliphatic rings. The molecule has 0 saturated carbocycles. The number of nitrogens with zero attached hydrogens (tertiary/aromatic N) is 8. The standard InChI is InChI=1S/C44H66N4O8.C43H63FN4O9/c1-12-37-44(13-2)36(48(42(52)56-44)19-15-14-18-47-24-34(46-25-47)33-17-16-28(5)45-23-33)21-35(49)27(4)22-43(10,11)39(31(8)38(50)32(9)40(51)54-37)55-41-30(7)26(3)20-29(6)53-41;1-11-34-43(12-2)33(48(40(53)57-43)18-14-13-17-47-23-31(46-24-47)30-16-15-27(5)45-22-30)20-32(49)26(4)21-41(8,9)37(29(7)36(51)42(10,44)39(52)55-34)56-38-35(50)25(3)19-28(6)54-38/h16-17,23-27,29-32,36-37,39,41H,12-15,18-22H2,1-11H3;15-16,22-26,28-29,33-35,37-38,50H,11-14,17-21H2,1-10H3/t26-,27+,29+,30+,31-,32+,36+,37+,39+,41?,44-;25-,26+,28+,29-,33+,34+,35+,37+,38?,42-,43-/m00/s1. The van der Waals surface area contributed by atoms with E-state index < -0.39 is 142 Å². The van der Waals surface area contributed by atoms with Gasteiger partial charge in [-0.3, -0.25) is 33.9 Å². The number of ether oxygens (including phenoxy) is 8. The van der Waals surface area contributed by atoms with E-state index in [1.165, 1.54) is 6.92 Å². The number of unbranched alkanes of at least 4 members (excludes halogenated alkanes) is 2. The number of fused-ring (bicyclic) bond motifs is 2. The Labute approximate surface area is 668 Å². The molecule has 1 N–H and O–H groups in total. The van der Waals surface area contributed by atoms with Crippen molar-refractivity contribution in [3.05, 3.63) is 73.1 Å². The number of aliphatic hydroxyl groups is 1. The van der Waals surface area contributed by atoms with Crippen LogP contribution in [-0.2, 0) is 79.8 Å². The van der Waals surface area contributed by atoms with Crippen LogP contribution in [0.4, 0.5) is 14.0 Å². The van der Waals surface area contributed by atoms with Crippen molar-refractivity contribution in [2.24, 2.45) is 58.2 Å². The van der Waals surface area contributed by atoms with E-state index in [1.807, 2.05) is 142 Å². The van der Waals surface area contributed by atoms with Crippen LogP contribution in [0.2, 0.25) is 0 Å². The Morgan fingerprint density at radius 2 is 0.973 bits per heavy atom. The van der Waals surface area contributed by atoms with E-state index in [1.54, 1.807) is 56.3 Å². The highest BCUT2D eigenvalue weighted by molar-refractivity contribution is 6.08. The van der Waals surface area contributed by atoms with Crippen LogP contribution in [0.3, 0.4) is 0 Å². The summed E-state index contributed by atoms with van der Waals surface area (Å²) in [5, 5.41) is 11.1. The molecule has 2 amide bonds. The second-order valence-corrected chi connectivity index (χ2v) is 35.3. The van der Waals surface area contributed by atoms with Gasteiger partial charge in [0.05, 0.1) is 60.5 Å². The van der Waals surface area contributed by atoms with Crippen LogP contribution in [0, 0.1) is 72.0 Å². The van der Waals surface area contributed by atoms with Gasteiger partial charge in [0.2, 0.25) is 0 Å². The lowest BCUT2D eigenvalue weighted by Crippen LogP contribution is -2.58. The molecule has 10 rings (SSSR count). The van der Waals surface area contributed by atoms with Crippen molar-refractivity contribution < 1.29 is 85.7 Å². The fourth-order valence-corrected chi connectivity index (χ4v) is 18.6. The zero-order valence-electron chi connectivity index (χ0n) is 70.9. The number of ketones is 4. The van der Waals surface area contributed by atoms with Gasteiger partial charge in [-0.05, 0) is 166 Å². The minimum absolute atomic E-state index is 0.00192. The Balaban J connectivity index is 0.000000259. The molecule has 25 nitrogen and oxygen atoms in total. The number of cyclic esters (lactones) is 2. The number of hydrogen-bond donors (Lipinski definition) is 1. The Hall–Kier alpha value is -7.39. The monoisotopic (exact) mass is 1580 g/mol. The molecule has 0 spiro atoms. The second kappa shape index (κ2) is 37.3. The minimum Gasteiger partial charge on any atom is -0.457 e. The van der Waals surface area contributed by atoms with Gasteiger partial charge in [0.1, 0.15) is 35.8 Å². The van der Waals surface area contributed by atoms with Crippen LogP contribution in [-0.4, -0.2) is 189 Å². The van der Waals surface area contributed by atoms with Crippen molar-refractivity contribution in [2.45, 2.75) is 333 Å². The molecule has 4 aromatic heterocycles. The third-order valence-electron chi connectivity index (χ3n) is 25.5. The molecule has 10 heterocycles. The van der Waals surface area contributed by atoms with Gasteiger partial charge in [0, 0.05) is 116 Å². The zero-order valence-corrected chi connectivity index (χ0v) is 70.9. The minimum atomic E-state index is -3.10. The SMILES string of the molecule is CC[C@H]1OC(=O)[C@@](C)(F)C(=O)[C@H](C)[C@@H](OC2O[C@H](C)C[C@H](C)[C@H]2O)C(C)(C)C[C@@H](C)C(=O)C[C@H]2N(CCCCn3cnc(-c4ccc(C)nc4)c3)C(=O)O[C@]12CC.CC[C@H]1OC(=O)[C@H](C)C(=O)[C@H](C)[C@@H](OC2O[C@H](C)C[C@H](C)[C@H]2C)C(C)(C)C[C@@H](C)C(=O)C[C@H]2N(CCCCn3cnc(-c4ccc(C)nc4)c3)C(=O)O[C@]12CC. The predicted molar refractivity (Wildman–Crippen MR) is 422 cm³/mol. The first-order valence-corrected chi connectivity index (χ1v) is 41.6. The van der Waals surface area contributed by atoms with Gasteiger partial charge in [-0.2, -0.15) is 0 Å². The highest BCUT2D eigenvalue weighted by atomic mass is 19.1. The van der Waals surface area contributed by atoms with Crippen molar-refractivity contribution in [3.63, 3.8) is 0 Å². The van der Waals surface area contributed by atoms with Gasteiger partial charge in [-0.25, -0.2) is 28.7 Å². The Morgan fingerprint density at radius 3 is 1.42 bits per heavy atom. The van der Waals surface area contributed by atoms with Crippen LogP contribution >= 0.6 is 0 Å². The number of halogens is 1. The highest BCUT2D eigenvalue weighted by Crippen LogP contribution is 2.48. The molecule has 6 saturated heterocycles. The number of carbonyl (C=O) groups is 8. The molecule has 22 atom stereocenters. The zero-order chi connectivity index (χ0) is 83.1. The number of amides is 2. The molecule has 4 aromatic rings. The quantitative estimate of drug-likeness (QED) is 0.0372.